The standard InChI is InChI=1S/C12H23NO/c1-12(2,3)10-4-6-11(7-5-10)13-8-9-14/h4,11,13-14H,5-9H2,1-3H3/t11-/m0/s1. The van der Waals surface area contributed by atoms with Crippen molar-refractivity contribution in [2.45, 2.75) is 46.1 Å². The van der Waals surface area contributed by atoms with Crippen molar-refractivity contribution < 1.29 is 5.11 Å². The molecule has 2 heteroatoms. The Morgan fingerprint density at radius 2 is 2.21 bits per heavy atom. The predicted molar refractivity (Wildman–Crippen MR) is 60.3 cm³/mol. The lowest BCUT2D eigenvalue weighted by atomic mass is 9.79. The molecule has 14 heavy (non-hydrogen) atoms. The molecule has 2 N–H and O–H groups in total. The summed E-state index contributed by atoms with van der Waals surface area (Å²) in [6.07, 6.45) is 5.90. The van der Waals surface area contributed by atoms with E-state index in [4.69, 9.17) is 5.11 Å². The molecule has 1 aliphatic rings. The first kappa shape index (κ1) is 11.7. The first-order chi connectivity index (χ1) is 6.54. The van der Waals surface area contributed by atoms with Crippen LogP contribution in [0.4, 0.5) is 0 Å². The highest BCUT2D eigenvalue weighted by Gasteiger charge is 2.21. The van der Waals surface area contributed by atoms with E-state index in [2.05, 4.69) is 32.2 Å². The quantitative estimate of drug-likeness (QED) is 0.679. The first-order valence-electron chi connectivity index (χ1n) is 5.58. The molecule has 0 fully saturated rings. The second-order valence-corrected chi connectivity index (χ2v) is 5.13. The summed E-state index contributed by atoms with van der Waals surface area (Å²) < 4.78 is 0. The minimum atomic E-state index is 0.242. The van der Waals surface area contributed by atoms with Crippen molar-refractivity contribution in [3.8, 4) is 0 Å². The molecule has 0 amide bonds. The van der Waals surface area contributed by atoms with Gasteiger partial charge in [-0.25, -0.2) is 0 Å². The van der Waals surface area contributed by atoms with Gasteiger partial charge < -0.3 is 10.4 Å². The largest absolute Gasteiger partial charge is 0.395 e. The fourth-order valence-electron chi connectivity index (χ4n) is 1.97. The highest BCUT2D eigenvalue weighted by molar-refractivity contribution is 5.14. The molecule has 0 radical (unpaired) electrons. The van der Waals surface area contributed by atoms with Crippen LogP contribution < -0.4 is 5.32 Å². The fraction of sp³-hybridized carbons (Fsp3) is 0.833. The van der Waals surface area contributed by atoms with E-state index in [-0.39, 0.29) is 6.61 Å². The molecule has 2 nitrogen and oxygen atoms in total. The van der Waals surface area contributed by atoms with Gasteiger partial charge in [0.2, 0.25) is 0 Å². The number of aliphatic hydroxyl groups is 1. The lowest BCUT2D eigenvalue weighted by Crippen LogP contribution is -2.33. The second-order valence-electron chi connectivity index (χ2n) is 5.13. The predicted octanol–water partition coefficient (Wildman–Crippen LogP) is 2.09. The van der Waals surface area contributed by atoms with E-state index in [9.17, 15) is 0 Å². The number of nitrogens with one attached hydrogen (secondary N) is 1. The maximum atomic E-state index is 8.70. The number of rotatable bonds is 3. The summed E-state index contributed by atoms with van der Waals surface area (Å²) in [5.74, 6) is 0. The Labute approximate surface area is 87.4 Å². The van der Waals surface area contributed by atoms with Crippen LogP contribution in [-0.2, 0) is 0 Å². The number of hydrogen-bond acceptors (Lipinski definition) is 2. The normalized spacial score (nSPS) is 23.4. The van der Waals surface area contributed by atoms with Crippen LogP contribution in [0.25, 0.3) is 0 Å². The molecular weight excluding hydrogens is 174 g/mol. The van der Waals surface area contributed by atoms with Gasteiger partial charge in [0.05, 0.1) is 6.61 Å². The van der Waals surface area contributed by atoms with Gasteiger partial charge in [0.15, 0.2) is 0 Å². The highest BCUT2D eigenvalue weighted by Crippen LogP contribution is 2.32. The molecule has 0 aromatic heterocycles. The Hall–Kier alpha value is -0.340. The fourth-order valence-corrected chi connectivity index (χ4v) is 1.97. The highest BCUT2D eigenvalue weighted by atomic mass is 16.3. The first-order valence-corrected chi connectivity index (χ1v) is 5.58. The van der Waals surface area contributed by atoms with Crippen molar-refractivity contribution in [1.29, 1.82) is 0 Å². The topological polar surface area (TPSA) is 32.3 Å². The van der Waals surface area contributed by atoms with Crippen LogP contribution in [-0.4, -0.2) is 24.3 Å². The minimum Gasteiger partial charge on any atom is -0.395 e. The van der Waals surface area contributed by atoms with Gasteiger partial charge in [0.1, 0.15) is 0 Å². The van der Waals surface area contributed by atoms with Crippen LogP contribution in [0.15, 0.2) is 11.6 Å². The van der Waals surface area contributed by atoms with Crippen molar-refractivity contribution in [3.63, 3.8) is 0 Å². The van der Waals surface area contributed by atoms with Gasteiger partial charge >= 0.3 is 0 Å². The zero-order valence-electron chi connectivity index (χ0n) is 9.64. The van der Waals surface area contributed by atoms with Gasteiger partial charge in [0.25, 0.3) is 0 Å². The van der Waals surface area contributed by atoms with Gasteiger partial charge in [-0.3, -0.25) is 0 Å². The van der Waals surface area contributed by atoms with Gasteiger partial charge in [-0.2, -0.15) is 0 Å². The molecule has 0 aliphatic heterocycles. The Morgan fingerprint density at radius 1 is 1.50 bits per heavy atom. The van der Waals surface area contributed by atoms with Crippen LogP contribution in [0.2, 0.25) is 0 Å². The van der Waals surface area contributed by atoms with Crippen molar-refractivity contribution in [2.75, 3.05) is 13.2 Å². The van der Waals surface area contributed by atoms with Crippen LogP contribution >= 0.6 is 0 Å². The Morgan fingerprint density at radius 3 is 2.64 bits per heavy atom. The van der Waals surface area contributed by atoms with E-state index in [1.54, 1.807) is 5.57 Å². The average Bonchev–Trinajstić information content (AvgIpc) is 2.14. The summed E-state index contributed by atoms with van der Waals surface area (Å²) in [6, 6.07) is 0.577. The molecule has 0 saturated carbocycles. The molecule has 0 spiro atoms. The second kappa shape index (κ2) is 4.94. The van der Waals surface area contributed by atoms with E-state index < -0.39 is 0 Å². The number of allylic oxidation sites excluding steroid dienone is 1. The molecule has 0 aromatic rings. The molecule has 0 bridgehead atoms. The summed E-state index contributed by atoms with van der Waals surface area (Å²) >= 11 is 0. The molecule has 0 saturated heterocycles. The Kier molecular flexibility index (Phi) is 4.14. The van der Waals surface area contributed by atoms with Gasteiger partial charge in [-0.1, -0.05) is 32.4 Å². The third-order valence-corrected chi connectivity index (χ3v) is 2.92. The van der Waals surface area contributed by atoms with E-state index in [0.29, 0.717) is 11.5 Å². The SMILES string of the molecule is CC(C)(C)C1=CC[C@H](NCCO)CC1. The average molecular weight is 197 g/mol. The molecule has 1 aliphatic carbocycles. The number of aliphatic hydroxyl groups excluding tert-OH is 1. The van der Waals surface area contributed by atoms with Crippen LogP contribution in [0.3, 0.4) is 0 Å². The zero-order valence-corrected chi connectivity index (χ0v) is 9.64. The van der Waals surface area contributed by atoms with E-state index in [1.807, 2.05) is 0 Å². The Balaban J connectivity index is 2.39. The van der Waals surface area contributed by atoms with Crippen LogP contribution in [0.1, 0.15) is 40.0 Å². The summed E-state index contributed by atoms with van der Waals surface area (Å²) in [4.78, 5) is 0. The molecule has 1 rings (SSSR count). The molecule has 0 aromatic carbocycles. The van der Waals surface area contributed by atoms with Crippen molar-refractivity contribution in [3.05, 3.63) is 11.6 Å². The zero-order chi connectivity index (χ0) is 10.6. The van der Waals surface area contributed by atoms with Crippen LogP contribution in [0.5, 0.6) is 0 Å². The van der Waals surface area contributed by atoms with E-state index >= 15 is 0 Å². The third kappa shape index (κ3) is 3.43. The van der Waals surface area contributed by atoms with Crippen molar-refractivity contribution in [1.82, 2.24) is 5.32 Å². The van der Waals surface area contributed by atoms with E-state index in [0.717, 1.165) is 13.0 Å². The molecule has 0 heterocycles. The summed E-state index contributed by atoms with van der Waals surface area (Å²) in [5, 5.41) is 12.0. The smallest absolute Gasteiger partial charge is 0.0556 e. The van der Waals surface area contributed by atoms with Gasteiger partial charge in [0, 0.05) is 12.6 Å². The lowest BCUT2D eigenvalue weighted by molar-refractivity contribution is 0.279. The third-order valence-electron chi connectivity index (χ3n) is 2.92. The number of hydrogen-bond donors (Lipinski definition) is 2. The van der Waals surface area contributed by atoms with Crippen molar-refractivity contribution >= 4 is 0 Å². The molecule has 1 atom stereocenters. The summed E-state index contributed by atoms with van der Waals surface area (Å²) in [7, 11) is 0. The minimum absolute atomic E-state index is 0.242. The van der Waals surface area contributed by atoms with E-state index in [1.165, 1.54) is 12.8 Å². The maximum Gasteiger partial charge on any atom is 0.0556 e. The molecular formula is C12H23NO. The summed E-state index contributed by atoms with van der Waals surface area (Å²) in [5.41, 5.74) is 1.92. The van der Waals surface area contributed by atoms with Crippen molar-refractivity contribution in [2.24, 2.45) is 5.41 Å². The van der Waals surface area contributed by atoms with Crippen LogP contribution in [0, 0.1) is 5.41 Å². The Bertz CT molecular complexity index is 203. The lowest BCUT2D eigenvalue weighted by Gasteiger charge is -2.30. The van der Waals surface area contributed by atoms with Gasteiger partial charge in [-0.15, -0.1) is 0 Å². The molecule has 82 valence electrons. The summed E-state index contributed by atoms with van der Waals surface area (Å²) in [6.45, 7) is 7.80. The maximum absolute atomic E-state index is 8.70. The monoisotopic (exact) mass is 197 g/mol. The molecule has 0 unspecified atom stereocenters. The van der Waals surface area contributed by atoms with Gasteiger partial charge in [-0.05, 0) is 24.7 Å².